The lowest BCUT2D eigenvalue weighted by Crippen LogP contribution is -2.31. The van der Waals surface area contributed by atoms with Crippen molar-refractivity contribution in [3.05, 3.63) is 59.8 Å². The third kappa shape index (κ3) is 3.89. The molecule has 0 saturated heterocycles. The van der Waals surface area contributed by atoms with Gasteiger partial charge in [0, 0.05) is 29.7 Å². The van der Waals surface area contributed by atoms with E-state index < -0.39 is 0 Å². The molecule has 2 amide bonds. The molecule has 1 unspecified atom stereocenters. The van der Waals surface area contributed by atoms with Crippen molar-refractivity contribution in [1.29, 1.82) is 0 Å². The fraction of sp³-hybridized carbons (Fsp3) is 0.304. The number of aromatic amines is 1. The van der Waals surface area contributed by atoms with Crippen LogP contribution in [-0.4, -0.2) is 48.0 Å². The van der Waals surface area contributed by atoms with Gasteiger partial charge in [0.25, 0.3) is 11.8 Å². The Morgan fingerprint density at radius 1 is 1.07 bits per heavy atom. The molecule has 0 aliphatic carbocycles. The number of amides is 2. The summed E-state index contributed by atoms with van der Waals surface area (Å²) in [6.45, 7) is 0.791. The van der Waals surface area contributed by atoms with Gasteiger partial charge in [0.2, 0.25) is 0 Å². The quantitative estimate of drug-likeness (QED) is 0.419. The monoisotopic (exact) mass is 407 g/mol. The van der Waals surface area contributed by atoms with Crippen LogP contribution in [-0.2, 0) is 0 Å². The molecule has 7 heteroatoms. The van der Waals surface area contributed by atoms with Gasteiger partial charge in [0.15, 0.2) is 0 Å². The second-order valence-corrected chi connectivity index (χ2v) is 7.44. The Hall–Kier alpha value is -3.32. The molecule has 0 spiro atoms. The van der Waals surface area contributed by atoms with Crippen LogP contribution in [0.5, 0.6) is 11.5 Å². The average molecular weight is 407 g/mol. The molecule has 1 aliphatic rings. The van der Waals surface area contributed by atoms with E-state index in [1.807, 2.05) is 24.4 Å². The van der Waals surface area contributed by atoms with Gasteiger partial charge in [0.1, 0.15) is 18.1 Å². The molecule has 0 fully saturated rings. The normalized spacial score (nSPS) is 14.3. The first-order chi connectivity index (χ1) is 14.6. The highest BCUT2D eigenvalue weighted by Gasteiger charge is 2.34. The summed E-state index contributed by atoms with van der Waals surface area (Å²) in [5, 5.41) is 0.951. The largest absolute Gasteiger partial charge is 0.497 e. The molecule has 1 atom stereocenters. The minimum atomic E-state index is -0.210. The van der Waals surface area contributed by atoms with E-state index in [0.29, 0.717) is 30.7 Å². The minimum Gasteiger partial charge on any atom is -0.497 e. The van der Waals surface area contributed by atoms with Crippen LogP contribution in [0.2, 0.25) is 0 Å². The first-order valence-corrected chi connectivity index (χ1v) is 10.1. The van der Waals surface area contributed by atoms with Crippen LogP contribution < -0.4 is 15.2 Å². The van der Waals surface area contributed by atoms with Crippen LogP contribution in [0, 0.1) is 0 Å². The zero-order valence-corrected chi connectivity index (χ0v) is 16.9. The second-order valence-electron chi connectivity index (χ2n) is 7.44. The van der Waals surface area contributed by atoms with Crippen molar-refractivity contribution in [2.24, 2.45) is 5.73 Å². The number of fused-ring (bicyclic) bond motifs is 2. The Balaban J connectivity index is 1.23. The zero-order valence-electron chi connectivity index (χ0n) is 16.9. The van der Waals surface area contributed by atoms with E-state index in [2.05, 4.69) is 4.98 Å². The minimum absolute atomic E-state index is 0.136. The van der Waals surface area contributed by atoms with Crippen molar-refractivity contribution in [3.8, 4) is 11.5 Å². The highest BCUT2D eigenvalue weighted by atomic mass is 16.5. The summed E-state index contributed by atoms with van der Waals surface area (Å²) in [6.07, 6.45) is 4.08. The lowest BCUT2D eigenvalue weighted by Gasteiger charge is -2.15. The number of carbonyl (C=O) groups is 2. The van der Waals surface area contributed by atoms with E-state index in [1.165, 1.54) is 4.90 Å². The molecule has 156 valence electrons. The summed E-state index contributed by atoms with van der Waals surface area (Å²) >= 11 is 0. The maximum Gasteiger partial charge on any atom is 0.261 e. The number of hydrogen-bond donors (Lipinski definition) is 2. The number of methoxy groups -OCH3 is 1. The molecular formula is C23H25N3O4. The van der Waals surface area contributed by atoms with Crippen molar-refractivity contribution >= 4 is 22.7 Å². The standard InChI is InChI=1S/C23H25N3O4/c1-29-16-9-10-20-19(12-16)21(13-25-20)30-14-15(24)6-4-5-11-26-22(27)17-7-2-3-8-18(17)23(26)28/h2-3,7-10,12-13,15,25H,4-6,11,14,24H2,1H3. The van der Waals surface area contributed by atoms with E-state index in [0.717, 1.165) is 35.2 Å². The summed E-state index contributed by atoms with van der Waals surface area (Å²) < 4.78 is 11.2. The maximum absolute atomic E-state index is 12.4. The van der Waals surface area contributed by atoms with E-state index in [-0.39, 0.29) is 17.9 Å². The number of imide groups is 1. The predicted molar refractivity (Wildman–Crippen MR) is 114 cm³/mol. The van der Waals surface area contributed by atoms with E-state index in [9.17, 15) is 9.59 Å². The zero-order chi connectivity index (χ0) is 21.1. The molecule has 3 aromatic rings. The molecule has 30 heavy (non-hydrogen) atoms. The summed E-state index contributed by atoms with van der Waals surface area (Å²) in [7, 11) is 1.63. The molecule has 4 rings (SSSR count). The van der Waals surface area contributed by atoms with E-state index >= 15 is 0 Å². The Kier molecular flexibility index (Phi) is 5.72. The molecule has 0 saturated carbocycles. The van der Waals surface area contributed by atoms with Gasteiger partial charge < -0.3 is 20.2 Å². The lowest BCUT2D eigenvalue weighted by molar-refractivity contribution is 0.0651. The Labute approximate surface area is 174 Å². The molecule has 7 nitrogen and oxygen atoms in total. The molecule has 1 aromatic heterocycles. The van der Waals surface area contributed by atoms with Crippen molar-refractivity contribution in [2.45, 2.75) is 25.3 Å². The summed E-state index contributed by atoms with van der Waals surface area (Å²) in [4.78, 5) is 29.2. The number of carbonyl (C=O) groups excluding carboxylic acids is 2. The fourth-order valence-corrected chi connectivity index (χ4v) is 3.72. The summed E-state index contributed by atoms with van der Waals surface area (Å²) in [6, 6.07) is 12.6. The van der Waals surface area contributed by atoms with Gasteiger partial charge in [-0.15, -0.1) is 0 Å². The number of ether oxygens (including phenoxy) is 2. The highest BCUT2D eigenvalue weighted by molar-refractivity contribution is 6.21. The van der Waals surface area contributed by atoms with Gasteiger partial charge in [-0.05, 0) is 43.2 Å². The van der Waals surface area contributed by atoms with Crippen LogP contribution in [0.1, 0.15) is 40.0 Å². The number of H-pyrrole nitrogens is 1. The maximum atomic E-state index is 12.4. The summed E-state index contributed by atoms with van der Waals surface area (Å²) in [5.74, 6) is 1.09. The Morgan fingerprint density at radius 3 is 2.50 bits per heavy atom. The smallest absolute Gasteiger partial charge is 0.261 e. The van der Waals surface area contributed by atoms with Crippen LogP contribution in [0.15, 0.2) is 48.7 Å². The predicted octanol–water partition coefficient (Wildman–Crippen LogP) is 3.35. The lowest BCUT2D eigenvalue weighted by atomic mass is 10.1. The molecule has 3 N–H and O–H groups in total. The number of rotatable bonds is 9. The third-order valence-electron chi connectivity index (χ3n) is 5.39. The number of nitrogens with zero attached hydrogens (tertiary/aromatic N) is 1. The van der Waals surface area contributed by atoms with Gasteiger partial charge in [-0.25, -0.2) is 0 Å². The second kappa shape index (κ2) is 8.59. The van der Waals surface area contributed by atoms with E-state index in [4.69, 9.17) is 15.2 Å². The van der Waals surface area contributed by atoms with E-state index in [1.54, 1.807) is 31.4 Å². The highest BCUT2D eigenvalue weighted by Crippen LogP contribution is 2.29. The fourth-order valence-electron chi connectivity index (χ4n) is 3.72. The van der Waals surface area contributed by atoms with Gasteiger partial charge >= 0.3 is 0 Å². The molecule has 1 aliphatic heterocycles. The van der Waals surface area contributed by atoms with Crippen molar-refractivity contribution in [1.82, 2.24) is 9.88 Å². The number of aromatic nitrogens is 1. The van der Waals surface area contributed by atoms with Gasteiger partial charge in [-0.2, -0.15) is 0 Å². The van der Waals surface area contributed by atoms with Gasteiger partial charge in [-0.3, -0.25) is 14.5 Å². The van der Waals surface area contributed by atoms with Gasteiger partial charge in [0.05, 0.1) is 18.2 Å². The number of nitrogens with two attached hydrogens (primary N) is 1. The third-order valence-corrected chi connectivity index (χ3v) is 5.39. The van der Waals surface area contributed by atoms with Crippen LogP contribution >= 0.6 is 0 Å². The topological polar surface area (TPSA) is 97.7 Å². The van der Waals surface area contributed by atoms with Crippen molar-refractivity contribution < 1.29 is 19.1 Å². The van der Waals surface area contributed by atoms with Crippen LogP contribution in [0.25, 0.3) is 10.9 Å². The number of hydrogen-bond acceptors (Lipinski definition) is 5. The average Bonchev–Trinajstić information content (AvgIpc) is 3.28. The number of nitrogens with one attached hydrogen (secondary N) is 1. The SMILES string of the molecule is COc1ccc2[nH]cc(OCC(N)CCCCN3C(=O)c4ccccc4C3=O)c2c1. The van der Waals surface area contributed by atoms with Crippen molar-refractivity contribution in [3.63, 3.8) is 0 Å². The molecule has 2 aromatic carbocycles. The van der Waals surface area contributed by atoms with Gasteiger partial charge in [-0.1, -0.05) is 18.6 Å². The number of benzene rings is 2. The molecule has 0 radical (unpaired) electrons. The molecular weight excluding hydrogens is 382 g/mol. The number of unbranched alkanes of at least 4 members (excludes halogenated alkanes) is 1. The van der Waals surface area contributed by atoms with Crippen LogP contribution in [0.4, 0.5) is 0 Å². The van der Waals surface area contributed by atoms with Crippen molar-refractivity contribution in [2.75, 3.05) is 20.3 Å². The Morgan fingerprint density at radius 2 is 1.80 bits per heavy atom. The van der Waals surface area contributed by atoms with Crippen LogP contribution in [0.3, 0.4) is 0 Å². The summed E-state index contributed by atoms with van der Waals surface area (Å²) in [5.41, 5.74) is 8.15. The molecule has 0 bridgehead atoms. The first-order valence-electron chi connectivity index (χ1n) is 10.1. The molecule has 2 heterocycles. The first kappa shape index (κ1) is 20.0. The Bertz CT molecular complexity index is 1040.